The van der Waals surface area contributed by atoms with Crippen LogP contribution in [0, 0.1) is 19.8 Å². The van der Waals surface area contributed by atoms with Crippen LogP contribution in [0.3, 0.4) is 0 Å². The molecule has 0 spiro atoms. The average Bonchev–Trinajstić information content (AvgIpc) is 3.17. The van der Waals surface area contributed by atoms with E-state index in [1.165, 1.54) is 11.9 Å². The minimum atomic E-state index is 0.0544. The molecule has 130 valence electrons. The van der Waals surface area contributed by atoms with Gasteiger partial charge in [-0.2, -0.15) is 0 Å². The second-order valence-corrected chi connectivity index (χ2v) is 7.10. The molecule has 2 aromatic heterocycles. The molecule has 2 fully saturated rings. The minimum absolute atomic E-state index is 0.0544. The van der Waals surface area contributed by atoms with Gasteiger partial charge in [-0.15, -0.1) is 0 Å². The Morgan fingerprint density at radius 3 is 2.96 bits per heavy atom. The fourth-order valence-corrected chi connectivity index (χ4v) is 4.07. The Labute approximate surface area is 147 Å². The summed E-state index contributed by atoms with van der Waals surface area (Å²) in [5, 5.41) is 0. The maximum Gasteiger partial charge on any atom is 0.273 e. The lowest BCUT2D eigenvalue weighted by atomic mass is 10.0. The third-order valence-corrected chi connectivity index (χ3v) is 5.55. The fourth-order valence-electron chi connectivity index (χ4n) is 4.07. The Kier molecular flexibility index (Phi) is 4.21. The zero-order chi connectivity index (χ0) is 17.4. The van der Waals surface area contributed by atoms with Crippen molar-refractivity contribution < 1.29 is 4.79 Å². The summed E-state index contributed by atoms with van der Waals surface area (Å²) in [7, 11) is 0. The van der Waals surface area contributed by atoms with Crippen molar-refractivity contribution in [1.29, 1.82) is 0 Å². The number of rotatable bonds is 3. The van der Waals surface area contributed by atoms with E-state index in [0.29, 0.717) is 17.7 Å². The molecule has 4 heterocycles. The van der Waals surface area contributed by atoms with Crippen LogP contribution < -0.4 is 0 Å². The number of aromatic nitrogens is 3. The number of nitrogens with zero attached hydrogens (tertiary/aromatic N) is 5. The molecule has 0 unspecified atom stereocenters. The lowest BCUT2D eigenvalue weighted by Gasteiger charge is -2.25. The second kappa shape index (κ2) is 6.52. The van der Waals surface area contributed by atoms with Gasteiger partial charge in [-0.1, -0.05) is 6.07 Å². The zero-order valence-corrected chi connectivity index (χ0v) is 14.7. The summed E-state index contributed by atoms with van der Waals surface area (Å²) >= 11 is 0. The molecule has 2 aromatic rings. The summed E-state index contributed by atoms with van der Waals surface area (Å²) in [5.41, 5.74) is 3.54. The highest BCUT2D eigenvalue weighted by Gasteiger charge is 2.43. The molecule has 2 atom stereocenters. The summed E-state index contributed by atoms with van der Waals surface area (Å²) in [6.07, 6.45) is 6.29. The summed E-state index contributed by atoms with van der Waals surface area (Å²) in [6.45, 7) is 7.55. The molecular weight excluding hydrogens is 314 g/mol. The van der Waals surface area contributed by atoms with Crippen LogP contribution in [0.4, 0.5) is 0 Å². The number of carbonyl (C=O) groups is 1. The molecule has 0 aliphatic carbocycles. The molecule has 4 rings (SSSR count). The molecule has 0 bridgehead atoms. The van der Waals surface area contributed by atoms with Crippen molar-refractivity contribution in [3.63, 3.8) is 0 Å². The number of pyridine rings is 1. The summed E-state index contributed by atoms with van der Waals surface area (Å²) in [4.78, 5) is 30.1. The van der Waals surface area contributed by atoms with Gasteiger partial charge in [-0.25, -0.2) is 9.97 Å². The van der Waals surface area contributed by atoms with Crippen LogP contribution in [0.15, 0.2) is 30.9 Å². The normalized spacial score (nSPS) is 23.0. The smallest absolute Gasteiger partial charge is 0.273 e. The van der Waals surface area contributed by atoms with Crippen LogP contribution in [0.25, 0.3) is 0 Å². The highest BCUT2D eigenvalue weighted by atomic mass is 16.2. The number of hydrogen-bond acceptors (Lipinski definition) is 5. The van der Waals surface area contributed by atoms with Gasteiger partial charge < -0.3 is 4.90 Å². The predicted molar refractivity (Wildman–Crippen MR) is 94.0 cm³/mol. The van der Waals surface area contributed by atoms with E-state index in [9.17, 15) is 4.79 Å². The van der Waals surface area contributed by atoms with Crippen molar-refractivity contribution in [3.8, 4) is 0 Å². The molecule has 0 N–H and O–H groups in total. The van der Waals surface area contributed by atoms with Crippen molar-refractivity contribution >= 4 is 5.91 Å². The highest BCUT2D eigenvalue weighted by Crippen LogP contribution is 2.33. The van der Waals surface area contributed by atoms with E-state index in [-0.39, 0.29) is 5.91 Å². The molecule has 2 aliphatic rings. The first kappa shape index (κ1) is 16.1. The van der Waals surface area contributed by atoms with E-state index in [1.54, 1.807) is 6.20 Å². The Morgan fingerprint density at radius 1 is 1.28 bits per heavy atom. The van der Waals surface area contributed by atoms with Crippen molar-refractivity contribution in [2.45, 2.75) is 32.9 Å². The van der Waals surface area contributed by atoms with Gasteiger partial charge in [0.15, 0.2) is 0 Å². The molecular formula is C19H23N5O. The number of carbonyl (C=O) groups excluding carboxylic acids is 1. The molecule has 2 aliphatic heterocycles. The molecule has 0 saturated carbocycles. The SMILES string of the molecule is Cc1ncnc(C(=O)N2CC[C@H]3CN(Cc4cccnc4)C[C@H]32)c1C. The lowest BCUT2D eigenvalue weighted by Crippen LogP contribution is -2.40. The van der Waals surface area contributed by atoms with Crippen LogP contribution in [0.1, 0.15) is 33.7 Å². The van der Waals surface area contributed by atoms with E-state index < -0.39 is 0 Å². The standard InChI is InChI=1S/C19H23N5O/c1-13-14(2)21-12-22-18(13)19(25)24-7-5-16-10-23(11-17(16)24)9-15-4-3-6-20-8-15/h3-4,6,8,12,16-17H,5,7,9-11H2,1-2H3/t16-,17+/m0/s1. The van der Waals surface area contributed by atoms with Crippen LogP contribution in [-0.4, -0.2) is 56.3 Å². The van der Waals surface area contributed by atoms with E-state index >= 15 is 0 Å². The Hall–Kier alpha value is -2.34. The molecule has 25 heavy (non-hydrogen) atoms. The van der Waals surface area contributed by atoms with Gasteiger partial charge in [0.1, 0.15) is 12.0 Å². The fraction of sp³-hybridized carbons (Fsp3) is 0.474. The summed E-state index contributed by atoms with van der Waals surface area (Å²) in [6, 6.07) is 4.37. The van der Waals surface area contributed by atoms with Crippen molar-refractivity contribution in [3.05, 3.63) is 53.4 Å². The number of fused-ring (bicyclic) bond motifs is 1. The Balaban J connectivity index is 1.48. The van der Waals surface area contributed by atoms with E-state index in [2.05, 4.69) is 25.9 Å². The molecule has 0 radical (unpaired) electrons. The maximum atomic E-state index is 13.0. The van der Waals surface area contributed by atoms with Gasteiger partial charge in [-0.3, -0.25) is 14.7 Å². The van der Waals surface area contributed by atoms with E-state index in [0.717, 1.165) is 43.9 Å². The summed E-state index contributed by atoms with van der Waals surface area (Å²) < 4.78 is 0. The molecule has 2 saturated heterocycles. The number of aryl methyl sites for hydroxylation is 1. The van der Waals surface area contributed by atoms with E-state index in [1.807, 2.05) is 31.0 Å². The van der Waals surface area contributed by atoms with Crippen LogP contribution in [-0.2, 0) is 6.54 Å². The molecule has 0 aromatic carbocycles. The summed E-state index contributed by atoms with van der Waals surface area (Å²) in [5.74, 6) is 0.614. The first-order chi connectivity index (χ1) is 12.1. The van der Waals surface area contributed by atoms with Gasteiger partial charge in [-0.05, 0) is 37.8 Å². The Bertz CT molecular complexity index is 779. The number of likely N-dealkylation sites (tertiary alicyclic amines) is 2. The van der Waals surface area contributed by atoms with E-state index in [4.69, 9.17) is 0 Å². The third kappa shape index (κ3) is 3.02. The second-order valence-electron chi connectivity index (χ2n) is 7.10. The lowest BCUT2D eigenvalue weighted by molar-refractivity contribution is 0.0719. The van der Waals surface area contributed by atoms with Gasteiger partial charge in [0, 0.05) is 55.9 Å². The quantitative estimate of drug-likeness (QED) is 0.855. The van der Waals surface area contributed by atoms with Crippen molar-refractivity contribution in [1.82, 2.24) is 24.8 Å². The topological polar surface area (TPSA) is 62.2 Å². The first-order valence-electron chi connectivity index (χ1n) is 8.84. The largest absolute Gasteiger partial charge is 0.333 e. The van der Waals surface area contributed by atoms with Gasteiger partial charge in [0.25, 0.3) is 5.91 Å². The van der Waals surface area contributed by atoms with Crippen molar-refractivity contribution in [2.24, 2.45) is 5.92 Å². The minimum Gasteiger partial charge on any atom is -0.333 e. The maximum absolute atomic E-state index is 13.0. The number of hydrogen-bond donors (Lipinski definition) is 0. The molecule has 6 heteroatoms. The van der Waals surface area contributed by atoms with Gasteiger partial charge >= 0.3 is 0 Å². The van der Waals surface area contributed by atoms with Gasteiger partial charge in [0.05, 0.1) is 0 Å². The highest BCUT2D eigenvalue weighted by molar-refractivity contribution is 5.94. The van der Waals surface area contributed by atoms with Gasteiger partial charge in [0.2, 0.25) is 0 Å². The Morgan fingerprint density at radius 2 is 2.16 bits per heavy atom. The predicted octanol–water partition coefficient (Wildman–Crippen LogP) is 1.83. The van der Waals surface area contributed by atoms with Crippen LogP contribution in [0.2, 0.25) is 0 Å². The van der Waals surface area contributed by atoms with Crippen LogP contribution >= 0.6 is 0 Å². The number of amides is 1. The zero-order valence-electron chi connectivity index (χ0n) is 14.7. The monoisotopic (exact) mass is 337 g/mol. The molecule has 6 nitrogen and oxygen atoms in total. The third-order valence-electron chi connectivity index (χ3n) is 5.55. The van der Waals surface area contributed by atoms with Crippen molar-refractivity contribution in [2.75, 3.05) is 19.6 Å². The molecule has 1 amide bonds. The van der Waals surface area contributed by atoms with Crippen LogP contribution in [0.5, 0.6) is 0 Å². The first-order valence-corrected chi connectivity index (χ1v) is 8.84. The average molecular weight is 337 g/mol.